The maximum absolute atomic E-state index is 14.0. The second kappa shape index (κ2) is 25.5. The number of ether oxygens (including phenoxy) is 2. The average Bonchev–Trinajstić information content (AvgIpc) is 4.09. The predicted octanol–water partition coefficient (Wildman–Crippen LogP) is 5.86. The molecule has 2 aliphatic heterocycles. The minimum atomic E-state index is -0.935. The number of aliphatic hydroxyl groups excluding tert-OH is 1. The van der Waals surface area contributed by atoms with E-state index in [0.717, 1.165) is 44.1 Å². The van der Waals surface area contributed by atoms with Crippen molar-refractivity contribution in [2.24, 2.45) is 5.41 Å². The molecule has 0 unspecified atom stereocenters. The predicted molar refractivity (Wildman–Crippen MR) is 284 cm³/mol. The standard InChI is InChI=1S/C56H64N8O8S/c1-6-58-47(66)23-17-37-16-22-44-45(30-37)62-54(69)49(44)50(40-10-8-7-9-11-40)61-42-20-14-38(15-21-42)32-57-25-27-72-29-28-71-26-24-48(67)63-52(56(3,4)5)55(70)64-34-43(65)31-46(64)53(68)59-33-39-12-18-41(19-13-39)51-36(2)60-35-73-51/h7-16,18-22,30,35,43,46,52,57,61,65H,6,24-29,31-34H2,1-5H3,(H,58,66)(H,59,68)(H,62,69)(H,63,67)/b50-49-/t43-,46+,52-/m1/s1. The lowest BCUT2D eigenvalue weighted by molar-refractivity contribution is -0.144. The smallest absolute Gasteiger partial charge is 0.296 e. The molecule has 3 atom stereocenters. The van der Waals surface area contributed by atoms with Gasteiger partial charge in [-0.2, -0.15) is 0 Å². The van der Waals surface area contributed by atoms with Crippen LogP contribution in [-0.4, -0.2) is 109 Å². The number of benzene rings is 4. The quantitative estimate of drug-likeness (QED) is 0.0263. The van der Waals surface area contributed by atoms with Crippen molar-refractivity contribution in [3.05, 3.63) is 136 Å². The van der Waals surface area contributed by atoms with Crippen molar-refractivity contribution in [1.29, 1.82) is 0 Å². The lowest BCUT2D eigenvalue weighted by Gasteiger charge is -2.35. The third kappa shape index (κ3) is 14.7. The number of thiazole rings is 1. The topological polar surface area (TPSA) is 212 Å². The van der Waals surface area contributed by atoms with E-state index < -0.39 is 29.5 Å². The molecule has 0 bridgehead atoms. The van der Waals surface area contributed by atoms with Crippen LogP contribution in [0.2, 0.25) is 0 Å². The molecule has 5 amide bonds. The zero-order chi connectivity index (χ0) is 51.9. The number of rotatable bonds is 21. The highest BCUT2D eigenvalue weighted by Gasteiger charge is 2.44. The minimum Gasteiger partial charge on any atom is -0.391 e. The van der Waals surface area contributed by atoms with Gasteiger partial charge >= 0.3 is 0 Å². The van der Waals surface area contributed by atoms with E-state index >= 15 is 0 Å². The minimum absolute atomic E-state index is 0.00912. The summed E-state index contributed by atoms with van der Waals surface area (Å²) < 4.78 is 11.4. The van der Waals surface area contributed by atoms with E-state index in [1.54, 1.807) is 23.5 Å². The van der Waals surface area contributed by atoms with Gasteiger partial charge < -0.3 is 51.4 Å². The first-order valence-electron chi connectivity index (χ1n) is 24.5. The molecule has 1 fully saturated rings. The van der Waals surface area contributed by atoms with Gasteiger partial charge in [0.2, 0.25) is 17.7 Å². The maximum atomic E-state index is 14.0. The Morgan fingerprint density at radius 1 is 0.904 bits per heavy atom. The van der Waals surface area contributed by atoms with Gasteiger partial charge in [0.25, 0.3) is 11.8 Å². The molecule has 4 aromatic carbocycles. The summed E-state index contributed by atoms with van der Waals surface area (Å²) in [6.07, 6.45) is -0.742. The molecule has 0 spiro atoms. The molecule has 7 N–H and O–H groups in total. The Balaban J connectivity index is 0.806. The lowest BCUT2D eigenvalue weighted by Crippen LogP contribution is -2.57. The van der Waals surface area contributed by atoms with Crippen molar-refractivity contribution in [2.75, 3.05) is 56.7 Å². The van der Waals surface area contributed by atoms with Gasteiger partial charge in [-0.1, -0.05) is 99.5 Å². The number of carbonyl (C=O) groups is 5. The molecule has 7 rings (SSSR count). The van der Waals surface area contributed by atoms with Crippen LogP contribution in [0.15, 0.2) is 103 Å². The molecule has 382 valence electrons. The van der Waals surface area contributed by atoms with E-state index in [1.807, 2.05) is 125 Å². The Morgan fingerprint density at radius 2 is 1.62 bits per heavy atom. The Labute approximate surface area is 430 Å². The number of anilines is 2. The fourth-order valence-electron chi connectivity index (χ4n) is 8.44. The van der Waals surface area contributed by atoms with Gasteiger partial charge in [0.15, 0.2) is 0 Å². The highest BCUT2D eigenvalue weighted by molar-refractivity contribution is 7.13. The van der Waals surface area contributed by atoms with Crippen LogP contribution in [0.1, 0.15) is 74.0 Å². The van der Waals surface area contributed by atoms with Crippen LogP contribution in [-0.2, 0) is 46.5 Å². The molecule has 5 aromatic rings. The number of aryl methyl sites for hydroxylation is 1. The summed E-state index contributed by atoms with van der Waals surface area (Å²) >= 11 is 1.57. The van der Waals surface area contributed by atoms with Crippen molar-refractivity contribution < 1.29 is 38.6 Å². The van der Waals surface area contributed by atoms with Gasteiger partial charge in [-0.3, -0.25) is 24.0 Å². The molecule has 1 saturated heterocycles. The summed E-state index contributed by atoms with van der Waals surface area (Å²) in [6, 6.07) is 29.1. The largest absolute Gasteiger partial charge is 0.391 e. The van der Waals surface area contributed by atoms with Crippen LogP contribution in [0.3, 0.4) is 0 Å². The zero-order valence-electron chi connectivity index (χ0n) is 41.9. The molecule has 0 saturated carbocycles. The van der Waals surface area contributed by atoms with E-state index in [-0.39, 0.29) is 62.8 Å². The van der Waals surface area contributed by atoms with Crippen molar-refractivity contribution in [2.45, 2.75) is 78.7 Å². The number of nitrogens with one attached hydrogen (secondary N) is 6. The lowest BCUT2D eigenvalue weighted by atomic mass is 9.85. The molecule has 2 aliphatic rings. The molecule has 16 nitrogen and oxygen atoms in total. The summed E-state index contributed by atoms with van der Waals surface area (Å²) in [5.74, 6) is 3.68. The molecule has 17 heteroatoms. The number of nitrogens with zero attached hydrogens (tertiary/aromatic N) is 2. The highest BCUT2D eigenvalue weighted by atomic mass is 32.1. The van der Waals surface area contributed by atoms with Crippen LogP contribution < -0.4 is 31.9 Å². The van der Waals surface area contributed by atoms with E-state index in [4.69, 9.17) is 9.47 Å². The number of hydrogen-bond donors (Lipinski definition) is 7. The van der Waals surface area contributed by atoms with Gasteiger partial charge in [-0.05, 0) is 65.8 Å². The summed E-state index contributed by atoms with van der Waals surface area (Å²) in [4.78, 5) is 72.7. The van der Waals surface area contributed by atoms with Crippen LogP contribution in [0.4, 0.5) is 11.4 Å². The van der Waals surface area contributed by atoms with Crippen molar-refractivity contribution >= 4 is 63.5 Å². The maximum Gasteiger partial charge on any atom is 0.296 e. The monoisotopic (exact) mass is 1010 g/mol. The Morgan fingerprint density at radius 3 is 2.32 bits per heavy atom. The number of fused-ring (bicyclic) bond motifs is 1. The molecular weight excluding hydrogens is 945 g/mol. The van der Waals surface area contributed by atoms with E-state index in [1.165, 1.54) is 4.90 Å². The van der Waals surface area contributed by atoms with E-state index in [2.05, 4.69) is 48.7 Å². The molecule has 1 aromatic heterocycles. The number of hydrogen-bond acceptors (Lipinski definition) is 12. The van der Waals surface area contributed by atoms with Crippen LogP contribution in [0, 0.1) is 24.2 Å². The van der Waals surface area contributed by atoms with Gasteiger partial charge in [-0.25, -0.2) is 4.98 Å². The molecule has 0 radical (unpaired) electrons. The molecule has 3 heterocycles. The number of likely N-dealkylation sites (tertiary alicyclic amines) is 1. The van der Waals surface area contributed by atoms with Gasteiger partial charge in [-0.15, -0.1) is 11.3 Å². The normalized spacial score (nSPS) is 16.1. The third-order valence-corrected chi connectivity index (χ3v) is 13.2. The van der Waals surface area contributed by atoms with E-state index in [9.17, 15) is 29.1 Å². The number of amides is 5. The van der Waals surface area contributed by atoms with Crippen molar-refractivity contribution in [3.63, 3.8) is 0 Å². The molecule has 0 aliphatic carbocycles. The number of aromatic nitrogens is 1. The van der Waals surface area contributed by atoms with Gasteiger partial charge in [0.1, 0.15) is 12.1 Å². The van der Waals surface area contributed by atoms with Crippen LogP contribution in [0.5, 0.6) is 0 Å². The van der Waals surface area contributed by atoms with Gasteiger partial charge in [0.05, 0.1) is 65.6 Å². The SMILES string of the molecule is CCNC(=O)C#Cc1ccc2c(c1)NC(=O)/C2=C(\Nc1ccc(CNCCOCCOCCC(=O)N[C@H](C(=O)N2C[C@H](O)C[C@H]2C(=O)NCc2ccc(-c3scnc3C)cc2)C(C)(C)C)cc1)c1ccccc1. The fraction of sp³-hybridized carbons (Fsp3) is 0.357. The Bertz CT molecular complexity index is 2830. The summed E-state index contributed by atoms with van der Waals surface area (Å²) in [6.45, 7) is 12.5. The summed E-state index contributed by atoms with van der Waals surface area (Å²) in [5.41, 5.74) is 9.86. The number of aliphatic hydroxyl groups is 1. The zero-order valence-corrected chi connectivity index (χ0v) is 42.7. The summed E-state index contributed by atoms with van der Waals surface area (Å²) in [5, 5.41) is 28.9. The van der Waals surface area contributed by atoms with Crippen LogP contribution in [0.25, 0.3) is 21.7 Å². The van der Waals surface area contributed by atoms with Crippen LogP contribution >= 0.6 is 11.3 Å². The molecular formula is C56H64N8O8S. The van der Waals surface area contributed by atoms with Gasteiger partial charge in [0, 0.05) is 68.3 Å². The van der Waals surface area contributed by atoms with Crippen molar-refractivity contribution in [1.82, 2.24) is 31.2 Å². The van der Waals surface area contributed by atoms with Crippen molar-refractivity contribution in [3.8, 4) is 22.3 Å². The highest BCUT2D eigenvalue weighted by Crippen LogP contribution is 2.38. The second-order valence-corrected chi connectivity index (χ2v) is 19.7. The third-order valence-electron chi connectivity index (χ3n) is 12.3. The number of carbonyl (C=O) groups excluding carboxylic acids is 5. The van der Waals surface area contributed by atoms with E-state index in [0.29, 0.717) is 55.4 Å². The Kier molecular flexibility index (Phi) is 18.7. The number of β-amino-alcohol motifs (C(OH)–C–C–N with tert-alkyl or cyclic N) is 1. The average molecular weight is 1010 g/mol. The first kappa shape index (κ1) is 53.6. The summed E-state index contributed by atoms with van der Waals surface area (Å²) in [7, 11) is 0. The second-order valence-electron chi connectivity index (χ2n) is 18.9. The fourth-order valence-corrected chi connectivity index (χ4v) is 9.26. The molecule has 73 heavy (non-hydrogen) atoms. The Hall–Kier alpha value is -7.20. The first-order chi connectivity index (χ1) is 35.2. The first-order valence-corrected chi connectivity index (χ1v) is 25.4.